The first-order chi connectivity index (χ1) is 6.33. The number of halogens is 1. The second-order valence-corrected chi connectivity index (χ2v) is 4.40. The van der Waals surface area contributed by atoms with Gasteiger partial charge in [-0.15, -0.1) is 22.9 Å². The molecule has 1 N–H and O–H groups in total. The summed E-state index contributed by atoms with van der Waals surface area (Å²) >= 11 is 7.30. The molecule has 1 atom stereocenters. The van der Waals surface area contributed by atoms with E-state index < -0.39 is 0 Å². The van der Waals surface area contributed by atoms with Crippen LogP contribution in [0.1, 0.15) is 24.8 Å². The fourth-order valence-electron chi connectivity index (χ4n) is 1.09. The molecule has 4 heteroatoms. The van der Waals surface area contributed by atoms with E-state index in [4.69, 9.17) is 11.6 Å². The molecular formula is C9H15ClN2S. The molecule has 0 spiro atoms. The third-order valence-corrected chi connectivity index (χ3v) is 2.90. The maximum Gasteiger partial charge on any atom is 0.106 e. The molecule has 1 rings (SSSR count). The first-order valence-electron chi connectivity index (χ1n) is 4.50. The minimum absolute atomic E-state index is 0.530. The van der Waals surface area contributed by atoms with Crippen molar-refractivity contribution >= 4 is 22.9 Å². The largest absolute Gasteiger partial charge is 0.308 e. The predicted octanol–water partition coefficient (Wildman–Crippen LogP) is 2.64. The Balaban J connectivity index is 2.11. The zero-order valence-electron chi connectivity index (χ0n) is 7.79. The summed E-state index contributed by atoms with van der Waals surface area (Å²) in [6.45, 7) is 3.06. The lowest BCUT2D eigenvalue weighted by atomic mass is 10.2. The molecule has 0 bridgehead atoms. The number of alkyl halides is 1. The van der Waals surface area contributed by atoms with E-state index >= 15 is 0 Å². The van der Waals surface area contributed by atoms with Crippen LogP contribution in [0.4, 0.5) is 0 Å². The Bertz CT molecular complexity index is 213. The third kappa shape index (κ3) is 4.60. The average Bonchev–Trinajstić information content (AvgIpc) is 2.64. The Morgan fingerprint density at radius 1 is 1.69 bits per heavy atom. The van der Waals surface area contributed by atoms with Gasteiger partial charge in [0.2, 0.25) is 0 Å². The molecule has 0 fully saturated rings. The molecule has 0 amide bonds. The van der Waals surface area contributed by atoms with Gasteiger partial charge in [-0.05, 0) is 19.8 Å². The highest BCUT2D eigenvalue weighted by molar-refractivity contribution is 7.09. The Morgan fingerprint density at radius 2 is 2.54 bits per heavy atom. The van der Waals surface area contributed by atoms with Crippen molar-refractivity contribution in [2.45, 2.75) is 32.4 Å². The molecule has 0 aromatic carbocycles. The maximum absolute atomic E-state index is 5.61. The fraction of sp³-hybridized carbons (Fsp3) is 0.667. The second kappa shape index (κ2) is 6.35. The summed E-state index contributed by atoms with van der Waals surface area (Å²) in [5.74, 6) is 0.753. The zero-order valence-corrected chi connectivity index (χ0v) is 9.37. The molecule has 0 aliphatic rings. The van der Waals surface area contributed by atoms with Crippen molar-refractivity contribution in [3.63, 3.8) is 0 Å². The molecule has 74 valence electrons. The van der Waals surface area contributed by atoms with Crippen LogP contribution in [0.25, 0.3) is 0 Å². The monoisotopic (exact) mass is 218 g/mol. The summed E-state index contributed by atoms with van der Waals surface area (Å²) in [5.41, 5.74) is 0. The number of hydrogen-bond acceptors (Lipinski definition) is 3. The minimum Gasteiger partial charge on any atom is -0.308 e. The van der Waals surface area contributed by atoms with Gasteiger partial charge in [0.1, 0.15) is 5.01 Å². The SMILES string of the molecule is CC(CCCCl)NCc1nccs1. The van der Waals surface area contributed by atoms with Crippen molar-refractivity contribution in [2.24, 2.45) is 0 Å². The van der Waals surface area contributed by atoms with Crippen molar-refractivity contribution in [1.82, 2.24) is 10.3 Å². The molecule has 0 aliphatic carbocycles. The van der Waals surface area contributed by atoms with Crippen LogP contribution in [0.15, 0.2) is 11.6 Å². The van der Waals surface area contributed by atoms with Gasteiger partial charge in [0.15, 0.2) is 0 Å². The van der Waals surface area contributed by atoms with Crippen LogP contribution in [-0.2, 0) is 6.54 Å². The van der Waals surface area contributed by atoms with Crippen molar-refractivity contribution in [3.05, 3.63) is 16.6 Å². The lowest BCUT2D eigenvalue weighted by molar-refractivity contribution is 0.509. The number of aromatic nitrogens is 1. The smallest absolute Gasteiger partial charge is 0.106 e. The predicted molar refractivity (Wildman–Crippen MR) is 58.4 cm³/mol. The molecule has 1 unspecified atom stereocenters. The Morgan fingerprint density at radius 3 is 3.15 bits per heavy atom. The highest BCUT2D eigenvalue weighted by Gasteiger charge is 2.01. The number of nitrogens with one attached hydrogen (secondary N) is 1. The molecule has 2 nitrogen and oxygen atoms in total. The van der Waals surface area contributed by atoms with E-state index in [-0.39, 0.29) is 0 Å². The average molecular weight is 219 g/mol. The first kappa shape index (κ1) is 11.0. The molecule has 0 saturated heterocycles. The molecule has 1 aromatic rings. The van der Waals surface area contributed by atoms with Gasteiger partial charge in [0.25, 0.3) is 0 Å². The van der Waals surface area contributed by atoms with Crippen LogP contribution in [0.2, 0.25) is 0 Å². The van der Waals surface area contributed by atoms with Crippen molar-refractivity contribution < 1.29 is 0 Å². The Labute approximate surface area is 88.3 Å². The van der Waals surface area contributed by atoms with E-state index in [9.17, 15) is 0 Å². The minimum atomic E-state index is 0.530. The lowest BCUT2D eigenvalue weighted by Gasteiger charge is -2.11. The van der Waals surface area contributed by atoms with Gasteiger partial charge in [-0.25, -0.2) is 4.98 Å². The lowest BCUT2D eigenvalue weighted by Crippen LogP contribution is -2.25. The fourth-order valence-corrected chi connectivity index (χ4v) is 1.81. The third-order valence-electron chi connectivity index (χ3n) is 1.86. The van der Waals surface area contributed by atoms with Crippen LogP contribution in [0, 0.1) is 0 Å². The van der Waals surface area contributed by atoms with Crippen LogP contribution >= 0.6 is 22.9 Å². The molecule has 0 saturated carbocycles. The molecule has 13 heavy (non-hydrogen) atoms. The van der Waals surface area contributed by atoms with E-state index in [1.165, 1.54) is 0 Å². The summed E-state index contributed by atoms with van der Waals surface area (Å²) in [6, 6.07) is 0.530. The van der Waals surface area contributed by atoms with Gasteiger partial charge < -0.3 is 5.32 Å². The second-order valence-electron chi connectivity index (χ2n) is 3.04. The van der Waals surface area contributed by atoms with Gasteiger partial charge in [-0.2, -0.15) is 0 Å². The van der Waals surface area contributed by atoms with E-state index in [0.717, 1.165) is 30.3 Å². The Kier molecular flexibility index (Phi) is 5.35. The normalized spacial score (nSPS) is 13.1. The molecule has 1 heterocycles. The standard InChI is InChI=1S/C9H15ClN2S/c1-8(3-2-4-10)12-7-9-11-5-6-13-9/h5-6,8,12H,2-4,7H2,1H3. The molecule has 0 radical (unpaired) electrons. The molecular weight excluding hydrogens is 204 g/mol. The van der Waals surface area contributed by atoms with Gasteiger partial charge in [0.05, 0.1) is 0 Å². The summed E-state index contributed by atoms with van der Waals surface area (Å²) in [7, 11) is 0. The van der Waals surface area contributed by atoms with E-state index in [1.54, 1.807) is 11.3 Å². The topological polar surface area (TPSA) is 24.9 Å². The van der Waals surface area contributed by atoms with E-state index in [0.29, 0.717) is 6.04 Å². The quantitative estimate of drug-likeness (QED) is 0.743. The first-order valence-corrected chi connectivity index (χ1v) is 5.92. The van der Waals surface area contributed by atoms with E-state index in [2.05, 4.69) is 17.2 Å². The van der Waals surface area contributed by atoms with Gasteiger partial charge in [0, 0.05) is 30.0 Å². The molecule has 0 aliphatic heterocycles. The van der Waals surface area contributed by atoms with Crippen LogP contribution in [-0.4, -0.2) is 16.9 Å². The molecule has 1 aromatic heterocycles. The highest BCUT2D eigenvalue weighted by atomic mass is 35.5. The zero-order chi connectivity index (χ0) is 9.52. The summed E-state index contributed by atoms with van der Waals surface area (Å²) in [4.78, 5) is 4.20. The van der Waals surface area contributed by atoms with Gasteiger partial charge in [-0.1, -0.05) is 0 Å². The Hall–Kier alpha value is -0.120. The van der Waals surface area contributed by atoms with Crippen LogP contribution in [0.5, 0.6) is 0 Å². The number of nitrogens with zero attached hydrogens (tertiary/aromatic N) is 1. The summed E-state index contributed by atoms with van der Waals surface area (Å²) in [6.07, 6.45) is 4.05. The van der Waals surface area contributed by atoms with E-state index in [1.807, 2.05) is 11.6 Å². The number of thiazole rings is 1. The summed E-state index contributed by atoms with van der Waals surface area (Å²) in [5, 5.41) is 6.56. The van der Waals surface area contributed by atoms with Crippen LogP contribution < -0.4 is 5.32 Å². The van der Waals surface area contributed by atoms with Gasteiger partial charge >= 0.3 is 0 Å². The van der Waals surface area contributed by atoms with Crippen LogP contribution in [0.3, 0.4) is 0 Å². The number of hydrogen-bond donors (Lipinski definition) is 1. The van der Waals surface area contributed by atoms with Crippen molar-refractivity contribution in [1.29, 1.82) is 0 Å². The summed E-state index contributed by atoms with van der Waals surface area (Å²) < 4.78 is 0. The van der Waals surface area contributed by atoms with Crippen molar-refractivity contribution in [2.75, 3.05) is 5.88 Å². The van der Waals surface area contributed by atoms with Gasteiger partial charge in [-0.3, -0.25) is 0 Å². The highest BCUT2D eigenvalue weighted by Crippen LogP contribution is 2.04. The maximum atomic E-state index is 5.61. The number of rotatable bonds is 6. The van der Waals surface area contributed by atoms with Crippen molar-refractivity contribution in [3.8, 4) is 0 Å².